The molecule has 3 rings (SSSR count). The molecule has 1 aromatic heterocycles. The van der Waals surface area contributed by atoms with Crippen molar-refractivity contribution in [3.05, 3.63) is 42.3 Å². The van der Waals surface area contributed by atoms with Gasteiger partial charge in [-0.2, -0.15) is 5.26 Å². The second kappa shape index (κ2) is 6.31. The van der Waals surface area contributed by atoms with Crippen LogP contribution >= 0.6 is 0 Å². The van der Waals surface area contributed by atoms with Gasteiger partial charge >= 0.3 is 0 Å². The fraction of sp³-hybridized carbons (Fsp3) is 0.312. The predicted octanol–water partition coefficient (Wildman–Crippen LogP) is 1.87. The lowest BCUT2D eigenvalue weighted by Crippen LogP contribution is -2.30. The zero-order valence-corrected chi connectivity index (χ0v) is 12.0. The van der Waals surface area contributed by atoms with Crippen molar-refractivity contribution in [3.8, 4) is 17.6 Å². The van der Waals surface area contributed by atoms with Gasteiger partial charge in [0.1, 0.15) is 0 Å². The molecule has 1 unspecified atom stereocenters. The van der Waals surface area contributed by atoms with Gasteiger partial charge in [0.05, 0.1) is 6.20 Å². The van der Waals surface area contributed by atoms with Crippen LogP contribution in [-0.4, -0.2) is 35.4 Å². The van der Waals surface area contributed by atoms with Crippen molar-refractivity contribution in [1.82, 2.24) is 15.2 Å². The summed E-state index contributed by atoms with van der Waals surface area (Å²) in [7, 11) is 0. The molecule has 1 saturated heterocycles. The van der Waals surface area contributed by atoms with Crippen molar-refractivity contribution in [2.75, 3.05) is 19.6 Å². The van der Waals surface area contributed by atoms with Gasteiger partial charge in [0.25, 0.3) is 5.91 Å². The van der Waals surface area contributed by atoms with Gasteiger partial charge in [0.15, 0.2) is 6.19 Å². The molecular formula is C16H16N4O2. The van der Waals surface area contributed by atoms with Crippen LogP contribution < -0.4 is 5.32 Å². The van der Waals surface area contributed by atoms with Crippen LogP contribution in [0.3, 0.4) is 0 Å². The van der Waals surface area contributed by atoms with Crippen LogP contribution in [0, 0.1) is 17.4 Å². The number of oxazole rings is 1. The van der Waals surface area contributed by atoms with E-state index in [-0.39, 0.29) is 11.7 Å². The lowest BCUT2D eigenvalue weighted by Gasteiger charge is -2.09. The quantitative estimate of drug-likeness (QED) is 0.871. The number of rotatable bonds is 4. The number of carbonyl (C=O) groups is 1. The molecule has 0 bridgehead atoms. The number of aromatic nitrogens is 1. The molecule has 6 nitrogen and oxygen atoms in total. The second-order valence-corrected chi connectivity index (χ2v) is 5.31. The van der Waals surface area contributed by atoms with Crippen LogP contribution in [0.4, 0.5) is 0 Å². The number of nitrogens with zero attached hydrogens (tertiary/aromatic N) is 3. The smallest absolute Gasteiger partial charge is 0.288 e. The van der Waals surface area contributed by atoms with Crippen LogP contribution in [0.2, 0.25) is 0 Å². The van der Waals surface area contributed by atoms with Gasteiger partial charge in [0.2, 0.25) is 11.7 Å². The third-order valence-corrected chi connectivity index (χ3v) is 3.73. The number of benzene rings is 1. The van der Waals surface area contributed by atoms with Crippen molar-refractivity contribution < 1.29 is 9.21 Å². The molecule has 112 valence electrons. The van der Waals surface area contributed by atoms with Crippen molar-refractivity contribution in [2.24, 2.45) is 5.92 Å². The molecular weight excluding hydrogens is 280 g/mol. The molecule has 0 saturated carbocycles. The van der Waals surface area contributed by atoms with Crippen LogP contribution in [0.25, 0.3) is 11.5 Å². The van der Waals surface area contributed by atoms with E-state index >= 15 is 0 Å². The van der Waals surface area contributed by atoms with E-state index in [0.29, 0.717) is 24.9 Å². The van der Waals surface area contributed by atoms with E-state index in [1.54, 1.807) is 4.90 Å². The van der Waals surface area contributed by atoms with Gasteiger partial charge < -0.3 is 14.6 Å². The first-order valence-corrected chi connectivity index (χ1v) is 7.20. The first-order valence-electron chi connectivity index (χ1n) is 7.20. The fourth-order valence-corrected chi connectivity index (χ4v) is 2.51. The van der Waals surface area contributed by atoms with Crippen LogP contribution in [-0.2, 0) is 0 Å². The van der Waals surface area contributed by atoms with Crippen LogP contribution in [0.5, 0.6) is 0 Å². The molecule has 1 aliphatic rings. The zero-order valence-electron chi connectivity index (χ0n) is 12.0. The Kier molecular flexibility index (Phi) is 4.05. The van der Waals surface area contributed by atoms with Crippen molar-refractivity contribution in [1.29, 1.82) is 5.26 Å². The van der Waals surface area contributed by atoms with E-state index in [1.807, 2.05) is 30.3 Å². The maximum atomic E-state index is 12.1. The Balaban J connectivity index is 1.57. The summed E-state index contributed by atoms with van der Waals surface area (Å²) >= 11 is 0. The second-order valence-electron chi connectivity index (χ2n) is 5.31. The van der Waals surface area contributed by atoms with Gasteiger partial charge in [-0.15, -0.1) is 0 Å². The molecule has 1 atom stereocenters. The van der Waals surface area contributed by atoms with Crippen molar-refractivity contribution in [3.63, 3.8) is 0 Å². The number of likely N-dealkylation sites (tertiary alicyclic amines) is 1. The normalized spacial score (nSPS) is 17.2. The number of carbonyl (C=O) groups excluding carboxylic acids is 1. The topological polar surface area (TPSA) is 82.2 Å². The van der Waals surface area contributed by atoms with Gasteiger partial charge in [-0.1, -0.05) is 18.2 Å². The summed E-state index contributed by atoms with van der Waals surface area (Å²) in [6.07, 6.45) is 4.48. The maximum absolute atomic E-state index is 12.1. The van der Waals surface area contributed by atoms with Gasteiger partial charge in [-0.05, 0) is 24.5 Å². The Hall–Kier alpha value is -2.81. The highest BCUT2D eigenvalue weighted by Crippen LogP contribution is 2.19. The minimum absolute atomic E-state index is 0.203. The van der Waals surface area contributed by atoms with Gasteiger partial charge in [0, 0.05) is 25.2 Å². The van der Waals surface area contributed by atoms with E-state index in [1.165, 1.54) is 6.20 Å². The maximum Gasteiger partial charge on any atom is 0.288 e. The van der Waals surface area contributed by atoms with Crippen LogP contribution in [0.15, 0.2) is 40.9 Å². The molecule has 0 aliphatic carbocycles. The number of amides is 1. The predicted molar refractivity (Wildman–Crippen MR) is 79.6 cm³/mol. The molecule has 0 spiro atoms. The third-order valence-electron chi connectivity index (χ3n) is 3.73. The van der Waals surface area contributed by atoms with E-state index in [2.05, 4.69) is 16.5 Å². The van der Waals surface area contributed by atoms with E-state index in [9.17, 15) is 4.79 Å². The third kappa shape index (κ3) is 3.09. The Morgan fingerprint density at radius 2 is 2.27 bits per heavy atom. The summed E-state index contributed by atoms with van der Waals surface area (Å²) < 4.78 is 5.50. The summed E-state index contributed by atoms with van der Waals surface area (Å²) in [6, 6.07) is 9.44. The molecule has 6 heteroatoms. The van der Waals surface area contributed by atoms with E-state index in [0.717, 1.165) is 18.5 Å². The molecule has 1 aliphatic heterocycles. The molecule has 1 N–H and O–H groups in total. The summed E-state index contributed by atoms with van der Waals surface area (Å²) in [5.74, 6) is 0.668. The largest absolute Gasteiger partial charge is 0.431 e. The highest BCUT2D eigenvalue weighted by atomic mass is 16.4. The lowest BCUT2D eigenvalue weighted by molar-refractivity contribution is 0.0921. The number of hydrogen-bond donors (Lipinski definition) is 1. The molecule has 1 aromatic carbocycles. The molecule has 22 heavy (non-hydrogen) atoms. The summed E-state index contributed by atoms with van der Waals surface area (Å²) in [4.78, 5) is 17.9. The molecule has 1 amide bonds. The Bertz CT molecular complexity index is 690. The Morgan fingerprint density at radius 3 is 3.00 bits per heavy atom. The first kappa shape index (κ1) is 14.1. The minimum atomic E-state index is -0.273. The monoisotopic (exact) mass is 296 g/mol. The van der Waals surface area contributed by atoms with Crippen molar-refractivity contribution >= 4 is 5.91 Å². The summed E-state index contributed by atoms with van der Waals surface area (Å²) in [5.41, 5.74) is 0.835. The molecule has 2 aromatic rings. The number of nitriles is 1. The fourth-order valence-electron chi connectivity index (χ4n) is 2.51. The van der Waals surface area contributed by atoms with E-state index in [4.69, 9.17) is 9.68 Å². The summed E-state index contributed by atoms with van der Waals surface area (Å²) in [5, 5.41) is 11.7. The first-order chi connectivity index (χ1) is 10.8. The molecule has 2 heterocycles. The van der Waals surface area contributed by atoms with Gasteiger partial charge in [-0.3, -0.25) is 4.79 Å². The average Bonchev–Trinajstić information content (AvgIpc) is 3.22. The highest BCUT2D eigenvalue weighted by molar-refractivity contribution is 5.91. The molecule has 1 fully saturated rings. The highest BCUT2D eigenvalue weighted by Gasteiger charge is 2.22. The Labute approximate surface area is 128 Å². The number of nitrogens with one attached hydrogen (secondary N) is 1. The SMILES string of the molecule is N#CN1CCC(CNC(=O)c2cnc(-c3ccccc3)o2)C1. The molecule has 0 radical (unpaired) electrons. The zero-order chi connectivity index (χ0) is 15.4. The number of hydrogen-bond acceptors (Lipinski definition) is 5. The van der Waals surface area contributed by atoms with Gasteiger partial charge in [-0.25, -0.2) is 4.98 Å². The lowest BCUT2D eigenvalue weighted by atomic mass is 10.1. The summed E-state index contributed by atoms with van der Waals surface area (Å²) in [6.45, 7) is 2.00. The standard InChI is InChI=1S/C16H16N4O2/c17-11-20-7-6-12(10-20)8-18-15(21)14-9-19-16(22-14)13-4-2-1-3-5-13/h1-5,9,12H,6-8,10H2,(H,18,21). The van der Waals surface area contributed by atoms with E-state index < -0.39 is 0 Å². The minimum Gasteiger partial charge on any atom is -0.431 e. The Morgan fingerprint density at radius 1 is 1.45 bits per heavy atom. The van der Waals surface area contributed by atoms with Crippen LogP contribution in [0.1, 0.15) is 17.0 Å². The average molecular weight is 296 g/mol. The van der Waals surface area contributed by atoms with Crippen molar-refractivity contribution in [2.45, 2.75) is 6.42 Å².